The highest BCUT2D eigenvalue weighted by atomic mass is 16.7. The van der Waals surface area contributed by atoms with E-state index in [-0.39, 0.29) is 23.9 Å². The number of ether oxygens (including phenoxy) is 2. The lowest BCUT2D eigenvalue weighted by Crippen LogP contribution is -2.43. The number of hydrogen-bond donors (Lipinski definition) is 0. The zero-order chi connectivity index (χ0) is 13.8. The van der Waals surface area contributed by atoms with Gasteiger partial charge in [-0.25, -0.2) is 0 Å². The van der Waals surface area contributed by atoms with E-state index in [1.165, 1.54) is 5.57 Å². The van der Waals surface area contributed by atoms with E-state index in [9.17, 15) is 0 Å². The molecule has 0 N–H and O–H groups in total. The summed E-state index contributed by atoms with van der Waals surface area (Å²) in [4.78, 5) is 0. The molecule has 0 amide bonds. The third-order valence-corrected chi connectivity index (χ3v) is 3.61. The molecule has 1 rings (SSSR count). The van der Waals surface area contributed by atoms with Crippen LogP contribution in [0.5, 0.6) is 0 Å². The summed E-state index contributed by atoms with van der Waals surface area (Å²) in [6, 6.07) is 0. The van der Waals surface area contributed by atoms with Crippen LogP contribution >= 0.6 is 0 Å². The summed E-state index contributed by atoms with van der Waals surface area (Å²) in [5, 5.41) is 0. The molecule has 0 aromatic heterocycles. The first-order chi connectivity index (χ1) is 8.36. The zero-order valence-corrected chi connectivity index (χ0v) is 13.0. The molecule has 18 heavy (non-hydrogen) atoms. The Hall–Kier alpha value is -0.340. The topological polar surface area (TPSA) is 18.5 Å². The van der Waals surface area contributed by atoms with Crippen molar-refractivity contribution < 1.29 is 9.47 Å². The normalized spacial score (nSPS) is 30.6. The van der Waals surface area contributed by atoms with Gasteiger partial charge in [-0.2, -0.15) is 0 Å². The van der Waals surface area contributed by atoms with E-state index in [1.807, 2.05) is 0 Å². The smallest absolute Gasteiger partial charge is 0.158 e. The number of rotatable bonds is 4. The molecule has 0 aromatic rings. The molecule has 2 heteroatoms. The molecule has 1 heterocycles. The second kappa shape index (κ2) is 6.72. The highest BCUT2D eigenvalue weighted by Gasteiger charge is 2.35. The van der Waals surface area contributed by atoms with Crippen molar-refractivity contribution >= 4 is 0 Å². The molecule has 0 spiro atoms. The van der Waals surface area contributed by atoms with E-state index in [2.05, 4.69) is 47.6 Å². The van der Waals surface area contributed by atoms with Crippen LogP contribution in [-0.4, -0.2) is 18.5 Å². The quantitative estimate of drug-likeness (QED) is 0.678. The fourth-order valence-corrected chi connectivity index (χ4v) is 2.20. The van der Waals surface area contributed by atoms with Crippen molar-refractivity contribution in [3.8, 4) is 0 Å². The predicted molar refractivity (Wildman–Crippen MR) is 76.6 cm³/mol. The predicted octanol–water partition coefficient (Wildman–Crippen LogP) is 4.69. The van der Waals surface area contributed by atoms with Crippen molar-refractivity contribution in [1.82, 2.24) is 0 Å². The van der Waals surface area contributed by atoms with Crippen LogP contribution in [0.25, 0.3) is 0 Å². The highest BCUT2D eigenvalue weighted by Crippen LogP contribution is 2.33. The molecule has 3 atom stereocenters. The van der Waals surface area contributed by atoms with Crippen LogP contribution in [0.3, 0.4) is 0 Å². The molecule has 1 aliphatic rings. The Kier molecular flexibility index (Phi) is 5.87. The highest BCUT2D eigenvalue weighted by molar-refractivity contribution is 5.03. The Labute approximate surface area is 113 Å². The Morgan fingerprint density at radius 1 is 1.22 bits per heavy atom. The summed E-state index contributed by atoms with van der Waals surface area (Å²) < 4.78 is 12.1. The van der Waals surface area contributed by atoms with Crippen molar-refractivity contribution in [2.75, 3.05) is 0 Å². The van der Waals surface area contributed by atoms with Gasteiger partial charge in [0.2, 0.25) is 0 Å². The van der Waals surface area contributed by atoms with E-state index < -0.39 is 0 Å². The third-order valence-electron chi connectivity index (χ3n) is 3.61. The van der Waals surface area contributed by atoms with E-state index >= 15 is 0 Å². The Balaban J connectivity index is 2.74. The summed E-state index contributed by atoms with van der Waals surface area (Å²) >= 11 is 0. The van der Waals surface area contributed by atoms with Crippen LogP contribution in [0.2, 0.25) is 0 Å². The number of allylic oxidation sites excluding steroid dienone is 1. The molecule has 0 aromatic carbocycles. The molecule has 0 saturated carbocycles. The third kappa shape index (κ3) is 4.74. The molecule has 0 bridgehead atoms. The summed E-state index contributed by atoms with van der Waals surface area (Å²) in [6.45, 7) is 13.3. The van der Waals surface area contributed by atoms with E-state index in [0.29, 0.717) is 0 Å². The van der Waals surface area contributed by atoms with Crippen molar-refractivity contribution in [2.45, 2.75) is 85.7 Å². The lowest BCUT2D eigenvalue weighted by Gasteiger charge is -2.41. The van der Waals surface area contributed by atoms with Crippen LogP contribution in [0.15, 0.2) is 11.6 Å². The maximum absolute atomic E-state index is 6.09. The average Bonchev–Trinajstić information content (AvgIpc) is 2.27. The molecular weight excluding hydrogens is 224 g/mol. The molecule has 106 valence electrons. The van der Waals surface area contributed by atoms with Crippen molar-refractivity contribution in [1.29, 1.82) is 0 Å². The van der Waals surface area contributed by atoms with Gasteiger partial charge in [-0.15, -0.1) is 0 Å². The Bertz CT molecular complexity index is 275. The second-order valence-electron chi connectivity index (χ2n) is 6.49. The van der Waals surface area contributed by atoms with Crippen molar-refractivity contribution in [3.63, 3.8) is 0 Å². The largest absolute Gasteiger partial charge is 0.349 e. The monoisotopic (exact) mass is 254 g/mol. The molecule has 0 radical (unpaired) electrons. The van der Waals surface area contributed by atoms with Crippen molar-refractivity contribution in [3.05, 3.63) is 11.6 Å². The molecule has 2 nitrogen and oxygen atoms in total. The summed E-state index contributed by atoms with van der Waals surface area (Å²) in [5.41, 5.74) is 1.59. The summed E-state index contributed by atoms with van der Waals surface area (Å²) in [5.74, 6) is 0. The van der Waals surface area contributed by atoms with Gasteiger partial charge in [-0.05, 0) is 25.2 Å². The molecular formula is C16H30O2. The fourth-order valence-electron chi connectivity index (χ4n) is 2.20. The van der Waals surface area contributed by atoms with Crippen LogP contribution in [0, 0.1) is 5.41 Å². The molecule has 0 aliphatic carbocycles. The number of hydrogen-bond acceptors (Lipinski definition) is 2. The van der Waals surface area contributed by atoms with Gasteiger partial charge in [0.15, 0.2) is 6.29 Å². The second-order valence-corrected chi connectivity index (χ2v) is 6.49. The Morgan fingerprint density at radius 2 is 1.89 bits per heavy atom. The molecule has 3 unspecified atom stereocenters. The maximum atomic E-state index is 6.09. The first-order valence-corrected chi connectivity index (χ1v) is 7.35. The molecule has 1 saturated heterocycles. The zero-order valence-electron chi connectivity index (χ0n) is 13.0. The first kappa shape index (κ1) is 15.7. The first-order valence-electron chi connectivity index (χ1n) is 7.35. The van der Waals surface area contributed by atoms with Gasteiger partial charge >= 0.3 is 0 Å². The summed E-state index contributed by atoms with van der Waals surface area (Å²) in [7, 11) is 0. The fraction of sp³-hybridized carbons (Fsp3) is 0.875. The van der Waals surface area contributed by atoms with Gasteiger partial charge in [0.1, 0.15) is 0 Å². The SMILES string of the molecule is CCCC1OC(/C=C(/C)CC)CC(C(C)(C)C)O1. The lowest BCUT2D eigenvalue weighted by molar-refractivity contribution is -0.253. The minimum atomic E-state index is -0.0288. The van der Waals surface area contributed by atoms with Gasteiger partial charge in [-0.3, -0.25) is 0 Å². The van der Waals surface area contributed by atoms with Crippen LogP contribution in [0.4, 0.5) is 0 Å². The lowest BCUT2D eigenvalue weighted by atomic mass is 9.84. The van der Waals surface area contributed by atoms with Crippen LogP contribution in [-0.2, 0) is 9.47 Å². The van der Waals surface area contributed by atoms with E-state index in [0.717, 1.165) is 25.7 Å². The van der Waals surface area contributed by atoms with Crippen LogP contribution < -0.4 is 0 Å². The molecule has 1 aliphatic heterocycles. The minimum Gasteiger partial charge on any atom is -0.349 e. The minimum absolute atomic E-state index is 0.0288. The van der Waals surface area contributed by atoms with E-state index in [1.54, 1.807) is 0 Å². The van der Waals surface area contributed by atoms with Crippen LogP contribution in [0.1, 0.15) is 67.2 Å². The van der Waals surface area contributed by atoms with Gasteiger partial charge in [0.05, 0.1) is 12.2 Å². The Morgan fingerprint density at radius 3 is 2.39 bits per heavy atom. The standard InChI is InChI=1S/C16H30O2/c1-7-9-15-17-13(10-12(3)8-2)11-14(18-15)16(4,5)6/h10,13-15H,7-9,11H2,1-6H3/b12-10-. The van der Waals surface area contributed by atoms with Crippen molar-refractivity contribution in [2.24, 2.45) is 5.41 Å². The maximum Gasteiger partial charge on any atom is 0.158 e. The van der Waals surface area contributed by atoms with E-state index in [4.69, 9.17) is 9.47 Å². The van der Waals surface area contributed by atoms with Gasteiger partial charge in [0, 0.05) is 6.42 Å². The van der Waals surface area contributed by atoms with Gasteiger partial charge < -0.3 is 9.47 Å². The van der Waals surface area contributed by atoms with Gasteiger partial charge in [-0.1, -0.05) is 52.7 Å². The average molecular weight is 254 g/mol. The summed E-state index contributed by atoms with van der Waals surface area (Å²) in [6.07, 6.45) is 6.92. The molecule has 1 fully saturated rings. The van der Waals surface area contributed by atoms with Gasteiger partial charge in [0.25, 0.3) is 0 Å².